The smallest absolute Gasteiger partial charge is 0.170 e. The molecule has 1 aliphatic rings. The van der Waals surface area contributed by atoms with E-state index in [4.69, 9.17) is 9.47 Å². The van der Waals surface area contributed by atoms with Crippen LogP contribution < -0.4 is 14.4 Å². The van der Waals surface area contributed by atoms with Crippen LogP contribution in [0.15, 0.2) is 188 Å². The Morgan fingerprint density at radius 1 is 0.333 bits per heavy atom. The van der Waals surface area contributed by atoms with Gasteiger partial charge in [0.05, 0.1) is 11.1 Å². The number of nitrogens with zero attached hydrogens (tertiary/aromatic N) is 1. The van der Waals surface area contributed by atoms with Gasteiger partial charge in [-0.15, -0.1) is 0 Å². The third-order valence-corrected chi connectivity index (χ3v) is 9.91. The number of anilines is 3. The molecule has 51 heavy (non-hydrogen) atoms. The van der Waals surface area contributed by atoms with Crippen LogP contribution >= 0.6 is 0 Å². The number of hydrogen-bond donors (Lipinski definition) is 0. The summed E-state index contributed by atoms with van der Waals surface area (Å²) in [4.78, 5) is 2.35. The van der Waals surface area contributed by atoms with Crippen LogP contribution in [0.4, 0.5) is 17.1 Å². The third-order valence-electron chi connectivity index (χ3n) is 9.91. The zero-order chi connectivity index (χ0) is 33.7. The molecular formula is C48H31NO2. The molecule has 1 aliphatic heterocycles. The molecule has 240 valence electrons. The summed E-state index contributed by atoms with van der Waals surface area (Å²) in [6, 6.07) is 66.2. The monoisotopic (exact) mass is 653 g/mol. The van der Waals surface area contributed by atoms with Crippen molar-refractivity contribution in [3.63, 3.8) is 0 Å². The lowest BCUT2D eigenvalue weighted by atomic mass is 9.95. The van der Waals surface area contributed by atoms with Gasteiger partial charge in [0.25, 0.3) is 0 Å². The second-order valence-corrected chi connectivity index (χ2v) is 12.9. The van der Waals surface area contributed by atoms with Crippen molar-refractivity contribution in [3.8, 4) is 45.3 Å². The van der Waals surface area contributed by atoms with Gasteiger partial charge in [0.15, 0.2) is 11.5 Å². The fourth-order valence-corrected chi connectivity index (χ4v) is 7.52. The SMILES string of the molecule is c1ccc(N(c2ccc(-c3cccc4ccccc34)cc2)c2ccc(-c3ccc4c(c3)Oc3cccc5cccc(c35)O4)c3ccccc23)cc1. The first-order valence-electron chi connectivity index (χ1n) is 17.3. The summed E-state index contributed by atoms with van der Waals surface area (Å²) in [5, 5.41) is 6.88. The van der Waals surface area contributed by atoms with E-state index in [0.717, 1.165) is 61.2 Å². The fraction of sp³-hybridized carbons (Fsp3) is 0. The number of rotatable bonds is 5. The summed E-state index contributed by atoms with van der Waals surface area (Å²) < 4.78 is 13.0. The summed E-state index contributed by atoms with van der Waals surface area (Å²) in [6.45, 7) is 0. The molecule has 9 aromatic rings. The normalized spacial score (nSPS) is 11.8. The molecule has 3 heteroatoms. The highest BCUT2D eigenvalue weighted by Crippen LogP contribution is 2.48. The fourth-order valence-electron chi connectivity index (χ4n) is 7.52. The average molecular weight is 654 g/mol. The van der Waals surface area contributed by atoms with Gasteiger partial charge in [0.2, 0.25) is 0 Å². The largest absolute Gasteiger partial charge is 0.453 e. The highest BCUT2D eigenvalue weighted by molar-refractivity contribution is 6.06. The molecule has 0 fully saturated rings. The Hall–Kier alpha value is -6.84. The van der Waals surface area contributed by atoms with Crippen molar-refractivity contribution in [1.82, 2.24) is 0 Å². The summed E-state index contributed by atoms with van der Waals surface area (Å²) >= 11 is 0. The van der Waals surface area contributed by atoms with Gasteiger partial charge in [-0.05, 0) is 98.4 Å². The summed E-state index contributed by atoms with van der Waals surface area (Å²) in [6.07, 6.45) is 0. The van der Waals surface area contributed by atoms with Crippen molar-refractivity contribution < 1.29 is 9.47 Å². The van der Waals surface area contributed by atoms with Crippen LogP contribution in [-0.2, 0) is 0 Å². The van der Waals surface area contributed by atoms with Crippen LogP contribution in [-0.4, -0.2) is 0 Å². The Kier molecular flexibility index (Phi) is 6.81. The lowest BCUT2D eigenvalue weighted by Gasteiger charge is -2.27. The first-order valence-corrected chi connectivity index (χ1v) is 17.3. The van der Waals surface area contributed by atoms with Crippen LogP contribution in [0.2, 0.25) is 0 Å². The Bertz CT molecular complexity index is 2740. The number of para-hydroxylation sites is 1. The number of benzene rings is 9. The van der Waals surface area contributed by atoms with Gasteiger partial charge in [-0.1, -0.05) is 133 Å². The van der Waals surface area contributed by atoms with Crippen molar-refractivity contribution in [2.75, 3.05) is 4.90 Å². The van der Waals surface area contributed by atoms with Gasteiger partial charge in [-0.25, -0.2) is 0 Å². The summed E-state index contributed by atoms with van der Waals surface area (Å²) in [5.74, 6) is 2.99. The predicted octanol–water partition coefficient (Wildman–Crippen LogP) is 13.8. The van der Waals surface area contributed by atoms with Gasteiger partial charge in [-0.3, -0.25) is 0 Å². The molecule has 0 bridgehead atoms. The van der Waals surface area contributed by atoms with Crippen molar-refractivity contribution >= 4 is 49.4 Å². The zero-order valence-corrected chi connectivity index (χ0v) is 27.7. The molecule has 0 saturated heterocycles. The molecule has 0 amide bonds. The highest BCUT2D eigenvalue weighted by Gasteiger charge is 2.21. The molecule has 0 atom stereocenters. The van der Waals surface area contributed by atoms with Crippen LogP contribution in [0.5, 0.6) is 23.0 Å². The second-order valence-electron chi connectivity index (χ2n) is 12.9. The predicted molar refractivity (Wildman–Crippen MR) is 211 cm³/mol. The van der Waals surface area contributed by atoms with E-state index in [0.29, 0.717) is 11.5 Å². The average Bonchev–Trinajstić information content (AvgIpc) is 3.36. The Morgan fingerprint density at radius 2 is 0.922 bits per heavy atom. The quantitative estimate of drug-likeness (QED) is 0.184. The van der Waals surface area contributed by atoms with Crippen LogP contribution in [0.1, 0.15) is 0 Å². The molecule has 0 spiro atoms. The molecule has 9 aromatic carbocycles. The van der Waals surface area contributed by atoms with Gasteiger partial charge >= 0.3 is 0 Å². The lowest BCUT2D eigenvalue weighted by Crippen LogP contribution is -2.10. The third kappa shape index (κ3) is 4.98. The Labute approximate surface area is 296 Å². The number of hydrogen-bond acceptors (Lipinski definition) is 3. The minimum absolute atomic E-state index is 0.696. The molecule has 0 aliphatic carbocycles. The molecule has 0 aromatic heterocycles. The Balaban J connectivity index is 1.08. The standard InChI is InChI=1S/C48H31NO2/c1-2-15-36(16-3-1)49(37-26-23-33(24-27-37)39-20-8-12-32-11-4-5-17-38(32)39)43-29-28-40(41-18-6-7-19-42(41)43)35-25-30-44-47(31-35)51-46-22-10-14-34-13-9-21-45(50-44)48(34)46/h1-31H. The number of ether oxygens (including phenoxy) is 2. The van der Waals surface area contributed by atoms with E-state index in [1.165, 1.54) is 21.9 Å². The van der Waals surface area contributed by atoms with Gasteiger partial charge in [-0.2, -0.15) is 0 Å². The minimum atomic E-state index is 0.696. The molecule has 10 rings (SSSR count). The van der Waals surface area contributed by atoms with Crippen molar-refractivity contribution in [1.29, 1.82) is 0 Å². The van der Waals surface area contributed by atoms with E-state index in [1.807, 2.05) is 30.3 Å². The topological polar surface area (TPSA) is 21.7 Å². The van der Waals surface area contributed by atoms with E-state index in [2.05, 4.69) is 163 Å². The van der Waals surface area contributed by atoms with Gasteiger partial charge < -0.3 is 14.4 Å². The van der Waals surface area contributed by atoms with Crippen LogP contribution in [0.3, 0.4) is 0 Å². The molecule has 0 unspecified atom stereocenters. The Morgan fingerprint density at radius 3 is 1.73 bits per heavy atom. The zero-order valence-electron chi connectivity index (χ0n) is 27.7. The highest BCUT2D eigenvalue weighted by atomic mass is 16.5. The minimum Gasteiger partial charge on any atom is -0.453 e. The van der Waals surface area contributed by atoms with E-state index >= 15 is 0 Å². The molecule has 0 N–H and O–H groups in total. The van der Waals surface area contributed by atoms with Gasteiger partial charge in [0, 0.05) is 16.8 Å². The summed E-state index contributed by atoms with van der Waals surface area (Å²) in [7, 11) is 0. The van der Waals surface area contributed by atoms with Crippen molar-refractivity contribution in [2.24, 2.45) is 0 Å². The number of fused-ring (bicyclic) bond motifs is 3. The molecule has 0 radical (unpaired) electrons. The van der Waals surface area contributed by atoms with Crippen LogP contribution in [0.25, 0.3) is 54.6 Å². The molecule has 1 heterocycles. The molecule has 0 saturated carbocycles. The van der Waals surface area contributed by atoms with E-state index in [1.54, 1.807) is 0 Å². The molecular weight excluding hydrogens is 623 g/mol. The van der Waals surface area contributed by atoms with Crippen molar-refractivity contribution in [2.45, 2.75) is 0 Å². The van der Waals surface area contributed by atoms with E-state index < -0.39 is 0 Å². The van der Waals surface area contributed by atoms with Crippen LogP contribution in [0, 0.1) is 0 Å². The van der Waals surface area contributed by atoms with Crippen molar-refractivity contribution in [3.05, 3.63) is 188 Å². The van der Waals surface area contributed by atoms with E-state index in [-0.39, 0.29) is 0 Å². The first kappa shape index (κ1) is 29.1. The maximum atomic E-state index is 6.56. The lowest BCUT2D eigenvalue weighted by molar-refractivity contribution is 0.439. The first-order chi connectivity index (χ1) is 25.3. The second kappa shape index (κ2) is 11.9. The maximum absolute atomic E-state index is 6.56. The van der Waals surface area contributed by atoms with E-state index in [9.17, 15) is 0 Å². The molecule has 3 nitrogen and oxygen atoms in total. The summed E-state index contributed by atoms with van der Waals surface area (Å²) in [5.41, 5.74) is 7.90. The van der Waals surface area contributed by atoms with Gasteiger partial charge in [0.1, 0.15) is 11.5 Å². The maximum Gasteiger partial charge on any atom is 0.170 e.